The highest BCUT2D eigenvalue weighted by atomic mass is 79.9. The van der Waals surface area contributed by atoms with Gasteiger partial charge in [0.25, 0.3) is 0 Å². The number of benzene rings is 2. The van der Waals surface area contributed by atoms with Crippen LogP contribution in [0.1, 0.15) is 34.6 Å². The highest BCUT2D eigenvalue weighted by Gasteiger charge is 2.13. The lowest BCUT2D eigenvalue weighted by Gasteiger charge is -2.05. The maximum absolute atomic E-state index is 11.6. The van der Waals surface area contributed by atoms with Crippen LogP contribution in [0.4, 0.5) is 5.69 Å². The summed E-state index contributed by atoms with van der Waals surface area (Å²) in [6, 6.07) is 11.6. The fraction of sp³-hybridized carbons (Fsp3) is 0.190. The van der Waals surface area contributed by atoms with Gasteiger partial charge in [0, 0.05) is 15.5 Å². The van der Waals surface area contributed by atoms with Crippen molar-refractivity contribution in [3.05, 3.63) is 68.5 Å². The van der Waals surface area contributed by atoms with Gasteiger partial charge in [-0.25, -0.2) is 9.59 Å². The van der Waals surface area contributed by atoms with E-state index in [1.54, 1.807) is 43.3 Å². The van der Waals surface area contributed by atoms with Crippen molar-refractivity contribution >= 4 is 44.3 Å². The van der Waals surface area contributed by atoms with Crippen LogP contribution in [-0.2, 0) is 4.74 Å². The Morgan fingerprint density at radius 1 is 1.14 bits per heavy atom. The number of ether oxygens (including phenoxy) is 2. The number of carbonyl (C=O) groups is 2. The topological polar surface area (TPSA) is 109 Å². The predicted molar refractivity (Wildman–Crippen MR) is 114 cm³/mol. The molecule has 0 fully saturated rings. The number of hydrogen-bond donors (Lipinski definition) is 1. The average molecular weight is 462 g/mol. The highest BCUT2D eigenvalue weighted by molar-refractivity contribution is 9.10. The number of Topliss-reactive ketones (excluding diaryl/α,β-unsaturated/α-hetero) is 1. The second-order valence-electron chi connectivity index (χ2n) is 5.87. The van der Waals surface area contributed by atoms with Crippen molar-refractivity contribution in [1.82, 2.24) is 0 Å². The number of rotatable bonds is 4. The van der Waals surface area contributed by atoms with Gasteiger partial charge in [-0.15, -0.1) is 0 Å². The average Bonchev–Trinajstić information content (AvgIpc) is 2.68. The molecular weight excluding hydrogens is 442 g/mol. The summed E-state index contributed by atoms with van der Waals surface area (Å²) in [5, 5.41) is 0.640. The number of esters is 1. The van der Waals surface area contributed by atoms with Crippen LogP contribution < -0.4 is 16.1 Å². The minimum atomic E-state index is -0.648. The van der Waals surface area contributed by atoms with Crippen LogP contribution in [0, 0.1) is 0 Å². The Morgan fingerprint density at radius 3 is 2.34 bits per heavy atom. The molecular formula is C21H20BrNO6. The summed E-state index contributed by atoms with van der Waals surface area (Å²) in [6.07, 6.45) is 0. The molecule has 2 aromatic carbocycles. The van der Waals surface area contributed by atoms with E-state index in [2.05, 4.69) is 15.9 Å². The van der Waals surface area contributed by atoms with Gasteiger partial charge >= 0.3 is 11.6 Å². The minimum Gasteiger partial charge on any atom is -0.493 e. The molecule has 0 saturated heterocycles. The van der Waals surface area contributed by atoms with Crippen LogP contribution in [0.25, 0.3) is 11.0 Å². The van der Waals surface area contributed by atoms with E-state index in [-0.39, 0.29) is 17.3 Å². The summed E-state index contributed by atoms with van der Waals surface area (Å²) in [5.74, 6) is -0.182. The lowest BCUT2D eigenvalue weighted by Crippen LogP contribution is -2.11. The summed E-state index contributed by atoms with van der Waals surface area (Å²) >= 11 is 3.32. The van der Waals surface area contributed by atoms with Crippen LogP contribution in [0.3, 0.4) is 0 Å². The van der Waals surface area contributed by atoms with Crippen molar-refractivity contribution in [1.29, 1.82) is 0 Å². The van der Waals surface area contributed by atoms with Gasteiger partial charge < -0.3 is 19.6 Å². The molecule has 0 aliphatic carbocycles. The predicted octanol–water partition coefficient (Wildman–Crippen LogP) is 4.21. The number of hydrogen-bond acceptors (Lipinski definition) is 7. The van der Waals surface area contributed by atoms with Crippen molar-refractivity contribution in [2.75, 3.05) is 19.5 Å². The number of carbonyl (C=O) groups excluding carboxylic acids is 2. The molecule has 0 spiro atoms. The smallest absolute Gasteiger partial charge is 0.347 e. The van der Waals surface area contributed by atoms with E-state index in [4.69, 9.17) is 19.6 Å². The number of fused-ring (bicyclic) bond motifs is 1. The molecule has 8 heteroatoms. The van der Waals surface area contributed by atoms with E-state index < -0.39 is 5.63 Å². The van der Waals surface area contributed by atoms with Crippen molar-refractivity contribution < 1.29 is 23.5 Å². The van der Waals surface area contributed by atoms with Gasteiger partial charge in [-0.2, -0.15) is 0 Å². The molecule has 0 saturated carbocycles. The van der Waals surface area contributed by atoms with Crippen molar-refractivity contribution in [2.24, 2.45) is 0 Å². The maximum atomic E-state index is 11.6. The summed E-state index contributed by atoms with van der Waals surface area (Å²) in [7, 11) is 1.49. The third-order valence-electron chi connectivity index (χ3n) is 3.78. The Morgan fingerprint density at radius 2 is 1.79 bits per heavy atom. The molecule has 0 amide bonds. The van der Waals surface area contributed by atoms with Gasteiger partial charge in [0.1, 0.15) is 5.56 Å². The Bertz CT molecular complexity index is 1090. The first kappa shape index (κ1) is 22.2. The van der Waals surface area contributed by atoms with Gasteiger partial charge in [-0.05, 0) is 56.3 Å². The molecule has 0 radical (unpaired) electrons. The van der Waals surface area contributed by atoms with E-state index in [0.717, 1.165) is 4.47 Å². The molecule has 3 rings (SSSR count). The van der Waals surface area contributed by atoms with Crippen LogP contribution in [0.2, 0.25) is 0 Å². The number of anilines is 1. The lowest BCUT2D eigenvalue weighted by atomic mass is 10.1. The molecule has 0 aliphatic heterocycles. The Hall–Kier alpha value is -3.13. The second kappa shape index (κ2) is 9.88. The summed E-state index contributed by atoms with van der Waals surface area (Å²) < 4.78 is 15.8. The molecule has 7 nitrogen and oxygen atoms in total. The van der Waals surface area contributed by atoms with Gasteiger partial charge in [0.2, 0.25) is 0 Å². The Labute approximate surface area is 175 Å². The third-order valence-corrected chi connectivity index (χ3v) is 4.24. The number of halogens is 1. The van der Waals surface area contributed by atoms with E-state index >= 15 is 0 Å². The fourth-order valence-corrected chi connectivity index (χ4v) is 2.85. The first-order chi connectivity index (χ1) is 13.8. The molecule has 3 aromatic rings. The molecule has 0 atom stereocenters. The van der Waals surface area contributed by atoms with E-state index in [0.29, 0.717) is 34.6 Å². The van der Waals surface area contributed by atoms with Gasteiger partial charge in [0.05, 0.1) is 19.3 Å². The first-order valence-corrected chi connectivity index (χ1v) is 9.41. The molecule has 0 bridgehead atoms. The monoisotopic (exact) mass is 461 g/mol. The molecule has 1 aromatic heterocycles. The third kappa shape index (κ3) is 5.68. The zero-order valence-corrected chi connectivity index (χ0v) is 17.7. The van der Waals surface area contributed by atoms with E-state index in [1.165, 1.54) is 20.1 Å². The minimum absolute atomic E-state index is 0.0395. The maximum Gasteiger partial charge on any atom is 0.347 e. The van der Waals surface area contributed by atoms with Crippen molar-refractivity contribution in [2.45, 2.75) is 13.8 Å². The number of ketones is 1. The number of methoxy groups -OCH3 is 1. The molecule has 0 aliphatic rings. The fourth-order valence-electron chi connectivity index (χ4n) is 2.40. The lowest BCUT2D eigenvalue weighted by molar-refractivity contribution is 0.0526. The second-order valence-corrected chi connectivity index (χ2v) is 6.79. The number of nitrogen functional groups attached to an aromatic ring is 1. The van der Waals surface area contributed by atoms with Crippen LogP contribution in [0.15, 0.2) is 56.1 Å². The largest absolute Gasteiger partial charge is 0.493 e. The highest BCUT2D eigenvalue weighted by Crippen LogP contribution is 2.29. The quantitative estimate of drug-likeness (QED) is 0.268. The molecule has 29 heavy (non-hydrogen) atoms. The van der Waals surface area contributed by atoms with Gasteiger partial charge in [-0.3, -0.25) is 4.79 Å². The van der Waals surface area contributed by atoms with Crippen LogP contribution in [0.5, 0.6) is 5.75 Å². The molecule has 1 heterocycles. The van der Waals surface area contributed by atoms with Crippen molar-refractivity contribution in [3.8, 4) is 5.75 Å². The van der Waals surface area contributed by atoms with Crippen molar-refractivity contribution in [3.63, 3.8) is 0 Å². The van der Waals surface area contributed by atoms with Crippen LogP contribution in [-0.4, -0.2) is 25.5 Å². The van der Waals surface area contributed by atoms with Gasteiger partial charge in [0.15, 0.2) is 17.1 Å². The first-order valence-electron chi connectivity index (χ1n) is 8.61. The summed E-state index contributed by atoms with van der Waals surface area (Å²) in [5.41, 5.74) is 6.35. The number of nitrogens with two attached hydrogens (primary N) is 1. The van der Waals surface area contributed by atoms with E-state index in [1.807, 2.05) is 0 Å². The normalized spacial score (nSPS) is 10.1. The van der Waals surface area contributed by atoms with E-state index in [9.17, 15) is 14.4 Å². The SMILES string of the molecule is CCOC(=O)c1ccc(N)cc1.COc1cc(Br)cc2cc(C(C)=O)c(=O)oc12. The summed E-state index contributed by atoms with van der Waals surface area (Å²) in [6.45, 7) is 3.49. The molecule has 2 N–H and O–H groups in total. The standard InChI is InChI=1S/C12H9BrO4.C9H11NO2/c1-6(14)9-4-7-3-8(13)5-10(16-2)11(7)17-12(9)15;1-2-12-9(11)7-3-5-8(10)6-4-7/h3-5H,1-2H3;3-6H,2,10H2,1H3. The zero-order valence-electron chi connectivity index (χ0n) is 16.2. The Balaban J connectivity index is 0.000000221. The zero-order chi connectivity index (χ0) is 21.6. The summed E-state index contributed by atoms with van der Waals surface area (Å²) in [4.78, 5) is 33.9. The molecule has 0 unspecified atom stereocenters. The Kier molecular flexibility index (Phi) is 7.55. The molecule has 152 valence electrons. The van der Waals surface area contributed by atoms with Crippen LogP contribution >= 0.6 is 15.9 Å². The van der Waals surface area contributed by atoms with Gasteiger partial charge in [-0.1, -0.05) is 15.9 Å².